The summed E-state index contributed by atoms with van der Waals surface area (Å²) in [6.07, 6.45) is 6.27. The van der Waals surface area contributed by atoms with E-state index in [9.17, 15) is 13.2 Å². The number of nitrogens with zero attached hydrogens (tertiary/aromatic N) is 3. The number of methoxy groups -OCH3 is 1. The van der Waals surface area contributed by atoms with Crippen LogP contribution in [-0.2, 0) is 34.1 Å². The molecule has 1 aliphatic rings. The lowest BCUT2D eigenvalue weighted by Gasteiger charge is -2.23. The van der Waals surface area contributed by atoms with Gasteiger partial charge in [-0.1, -0.05) is 6.07 Å². The van der Waals surface area contributed by atoms with Crippen molar-refractivity contribution in [3.05, 3.63) is 58.4 Å². The standard InChI is InChI=1S/C26H35N7O5S/c1-38-12-11-32-16-18(4-10-28-35)23-3-2-22(15-24(23)32)33-17-19-14-21(29-25(19)30-26(33)34)7-13-39(36,37)31-20-5-8-27-9-6-20/h2-3,14-17,20,27-28,31,35H,4-13H2,1H3,(H,29,30,34). The van der Waals surface area contributed by atoms with Crippen LogP contribution in [0, 0.1) is 0 Å². The van der Waals surface area contributed by atoms with Gasteiger partial charge >= 0.3 is 5.69 Å². The first-order valence-corrected chi connectivity index (χ1v) is 14.8. The Bertz CT molecular complexity index is 1600. The smallest absolute Gasteiger partial charge is 0.354 e. The molecule has 1 aliphatic heterocycles. The maximum atomic E-state index is 13.0. The molecular weight excluding hydrogens is 522 g/mol. The maximum absolute atomic E-state index is 13.0. The topological polar surface area (TPSA) is 155 Å². The van der Waals surface area contributed by atoms with Crippen LogP contribution in [0.4, 0.5) is 0 Å². The van der Waals surface area contributed by atoms with E-state index < -0.39 is 15.7 Å². The van der Waals surface area contributed by atoms with Crippen molar-refractivity contribution >= 4 is 32.0 Å². The number of benzene rings is 1. The second-order valence-electron chi connectivity index (χ2n) is 9.90. The normalized spacial score (nSPS) is 15.0. The molecule has 4 aromatic rings. The molecule has 39 heavy (non-hydrogen) atoms. The number of nitrogens with one attached hydrogen (secondary N) is 4. The van der Waals surface area contributed by atoms with Gasteiger partial charge in [0.15, 0.2) is 0 Å². The predicted octanol–water partition coefficient (Wildman–Crippen LogP) is 1.05. The third-order valence-electron chi connectivity index (χ3n) is 7.16. The largest absolute Gasteiger partial charge is 0.383 e. The molecule has 0 bridgehead atoms. The molecule has 4 heterocycles. The molecule has 0 aliphatic carbocycles. The molecule has 13 heteroatoms. The third kappa shape index (κ3) is 6.40. The van der Waals surface area contributed by atoms with E-state index in [4.69, 9.17) is 9.94 Å². The molecule has 0 saturated carbocycles. The second-order valence-corrected chi connectivity index (χ2v) is 11.8. The Kier molecular flexibility index (Phi) is 8.45. The maximum Gasteiger partial charge on any atom is 0.354 e. The van der Waals surface area contributed by atoms with E-state index in [1.807, 2.05) is 30.5 Å². The van der Waals surface area contributed by atoms with Crippen LogP contribution < -0.4 is 21.2 Å². The van der Waals surface area contributed by atoms with E-state index in [1.54, 1.807) is 13.3 Å². The second kappa shape index (κ2) is 12.0. The highest BCUT2D eigenvalue weighted by Crippen LogP contribution is 2.25. The third-order valence-corrected chi connectivity index (χ3v) is 8.59. The van der Waals surface area contributed by atoms with Gasteiger partial charge in [0, 0.05) is 61.5 Å². The van der Waals surface area contributed by atoms with Gasteiger partial charge in [0.1, 0.15) is 5.65 Å². The highest BCUT2D eigenvalue weighted by Gasteiger charge is 2.20. The number of piperidine rings is 1. The summed E-state index contributed by atoms with van der Waals surface area (Å²) in [6.45, 7) is 3.23. The van der Waals surface area contributed by atoms with E-state index in [0.29, 0.717) is 43.1 Å². The van der Waals surface area contributed by atoms with Gasteiger partial charge < -0.3 is 24.8 Å². The molecule has 0 amide bonds. The molecule has 12 nitrogen and oxygen atoms in total. The van der Waals surface area contributed by atoms with E-state index in [2.05, 4.69) is 30.1 Å². The Labute approximate surface area is 226 Å². The molecule has 210 valence electrons. The monoisotopic (exact) mass is 557 g/mol. The van der Waals surface area contributed by atoms with E-state index in [-0.39, 0.29) is 18.2 Å². The average Bonchev–Trinajstić information content (AvgIpc) is 3.49. The van der Waals surface area contributed by atoms with Crippen LogP contribution in [-0.4, -0.2) is 77.9 Å². The molecular formula is C26H35N7O5S. The first-order valence-electron chi connectivity index (χ1n) is 13.2. The first-order chi connectivity index (χ1) is 18.9. The molecule has 1 fully saturated rings. The Morgan fingerprint density at radius 3 is 2.77 bits per heavy atom. The van der Waals surface area contributed by atoms with Crippen molar-refractivity contribution in [2.45, 2.75) is 38.3 Å². The van der Waals surface area contributed by atoms with Crippen LogP contribution in [0.3, 0.4) is 0 Å². The summed E-state index contributed by atoms with van der Waals surface area (Å²) in [5.74, 6) is -0.0444. The molecule has 5 rings (SSSR count). The first kappa shape index (κ1) is 27.5. The zero-order valence-corrected chi connectivity index (χ0v) is 22.8. The van der Waals surface area contributed by atoms with Crippen LogP contribution in [0.15, 0.2) is 41.5 Å². The molecule has 0 radical (unpaired) electrons. The summed E-state index contributed by atoms with van der Waals surface area (Å²) in [5.41, 5.74) is 5.60. The van der Waals surface area contributed by atoms with Crippen molar-refractivity contribution < 1.29 is 18.4 Å². The Morgan fingerprint density at radius 2 is 2.00 bits per heavy atom. The number of rotatable bonds is 12. The Balaban J connectivity index is 1.39. The van der Waals surface area contributed by atoms with E-state index in [0.717, 1.165) is 47.8 Å². The lowest BCUT2D eigenvalue weighted by molar-refractivity contribution is 0.168. The summed E-state index contributed by atoms with van der Waals surface area (Å²) in [6, 6.07) is 7.61. The number of fused-ring (bicyclic) bond motifs is 2. The van der Waals surface area contributed by atoms with Crippen LogP contribution in [0.1, 0.15) is 24.1 Å². The van der Waals surface area contributed by atoms with Crippen molar-refractivity contribution in [3.8, 4) is 5.69 Å². The Hall–Kier alpha value is -3.07. The van der Waals surface area contributed by atoms with Gasteiger partial charge in [-0.05, 0) is 56.1 Å². The van der Waals surface area contributed by atoms with E-state index in [1.165, 1.54) is 4.57 Å². The molecule has 1 aromatic carbocycles. The lowest BCUT2D eigenvalue weighted by Crippen LogP contribution is -2.43. The number of aromatic nitrogens is 4. The number of sulfonamides is 1. The van der Waals surface area contributed by atoms with Gasteiger partial charge in [-0.25, -0.2) is 23.4 Å². The van der Waals surface area contributed by atoms with Gasteiger partial charge in [-0.15, -0.1) is 0 Å². The fraction of sp³-hybridized carbons (Fsp3) is 0.462. The number of hydrogen-bond acceptors (Lipinski definition) is 8. The summed E-state index contributed by atoms with van der Waals surface area (Å²) in [7, 11) is -1.77. The summed E-state index contributed by atoms with van der Waals surface area (Å²) in [5, 5.41) is 14.0. The van der Waals surface area contributed by atoms with Crippen LogP contribution in [0.25, 0.3) is 27.6 Å². The zero-order chi connectivity index (χ0) is 27.4. The Morgan fingerprint density at radius 1 is 1.18 bits per heavy atom. The van der Waals surface area contributed by atoms with Crippen LogP contribution in [0.5, 0.6) is 0 Å². The van der Waals surface area contributed by atoms with Crippen molar-refractivity contribution in [2.75, 3.05) is 39.1 Å². The zero-order valence-electron chi connectivity index (χ0n) is 21.9. The van der Waals surface area contributed by atoms with Crippen molar-refractivity contribution in [3.63, 3.8) is 0 Å². The molecule has 1 saturated heterocycles. The lowest BCUT2D eigenvalue weighted by atomic mass is 10.1. The average molecular weight is 558 g/mol. The van der Waals surface area contributed by atoms with Gasteiger partial charge in [-0.3, -0.25) is 4.57 Å². The molecule has 3 aromatic heterocycles. The fourth-order valence-corrected chi connectivity index (χ4v) is 6.49. The molecule has 0 atom stereocenters. The van der Waals surface area contributed by atoms with Crippen LogP contribution in [0.2, 0.25) is 0 Å². The molecule has 0 unspecified atom stereocenters. The summed E-state index contributed by atoms with van der Waals surface area (Å²) >= 11 is 0. The fourth-order valence-electron chi connectivity index (χ4n) is 5.14. The highest BCUT2D eigenvalue weighted by molar-refractivity contribution is 7.89. The van der Waals surface area contributed by atoms with Crippen molar-refractivity contribution in [1.82, 2.24) is 34.6 Å². The van der Waals surface area contributed by atoms with Crippen LogP contribution >= 0.6 is 0 Å². The van der Waals surface area contributed by atoms with Gasteiger partial charge in [-0.2, -0.15) is 4.98 Å². The van der Waals surface area contributed by atoms with Gasteiger partial charge in [0.2, 0.25) is 10.0 Å². The number of hydroxylamine groups is 1. The van der Waals surface area contributed by atoms with Gasteiger partial charge in [0.05, 0.1) is 23.6 Å². The quantitative estimate of drug-likeness (QED) is 0.162. The summed E-state index contributed by atoms with van der Waals surface area (Å²) in [4.78, 5) is 20.3. The molecule has 5 N–H and O–H groups in total. The minimum absolute atomic E-state index is 0.0297. The predicted molar refractivity (Wildman–Crippen MR) is 149 cm³/mol. The minimum Gasteiger partial charge on any atom is -0.383 e. The van der Waals surface area contributed by atoms with Crippen molar-refractivity contribution in [1.29, 1.82) is 0 Å². The SMILES string of the molecule is COCCn1cc(CCNO)c2ccc(-n3cc4cc(CCS(=O)(=O)NC5CCNCC5)[nH]c4nc3=O)cc21. The number of hydrogen-bond donors (Lipinski definition) is 5. The van der Waals surface area contributed by atoms with Gasteiger partial charge in [0.25, 0.3) is 0 Å². The number of ether oxygens (including phenoxy) is 1. The highest BCUT2D eigenvalue weighted by atomic mass is 32.2. The number of aromatic amines is 1. The molecule has 0 spiro atoms. The summed E-state index contributed by atoms with van der Waals surface area (Å²) < 4.78 is 36.8. The van der Waals surface area contributed by atoms with E-state index >= 15 is 0 Å². The van der Waals surface area contributed by atoms with Crippen molar-refractivity contribution in [2.24, 2.45) is 0 Å². The number of aryl methyl sites for hydroxylation is 1. The number of H-pyrrole nitrogens is 1. The minimum atomic E-state index is -3.43.